The summed E-state index contributed by atoms with van der Waals surface area (Å²) in [5.74, 6) is 1.46. The van der Waals surface area contributed by atoms with Crippen molar-refractivity contribution in [2.24, 2.45) is 0 Å². The van der Waals surface area contributed by atoms with Crippen molar-refractivity contribution >= 4 is 5.91 Å². The molecule has 0 spiro atoms. The van der Waals surface area contributed by atoms with Gasteiger partial charge in [0.2, 0.25) is 11.8 Å². The third-order valence-electron chi connectivity index (χ3n) is 3.83. The molecule has 5 nitrogen and oxygen atoms in total. The zero-order chi connectivity index (χ0) is 13.9. The van der Waals surface area contributed by atoms with Crippen molar-refractivity contribution in [1.29, 1.82) is 0 Å². The molecule has 2 heterocycles. The lowest BCUT2D eigenvalue weighted by Crippen LogP contribution is -2.53. The molecular weight excluding hydrogens is 242 g/mol. The van der Waals surface area contributed by atoms with Gasteiger partial charge in [-0.1, -0.05) is 13.3 Å². The molecular formula is C14H23N3O2. The van der Waals surface area contributed by atoms with Crippen LogP contribution in [0, 0.1) is 13.8 Å². The minimum Gasteiger partial charge on any atom is -0.444 e. The van der Waals surface area contributed by atoms with Crippen LogP contribution in [0.15, 0.2) is 4.42 Å². The molecule has 0 saturated carbocycles. The number of nitrogens with one attached hydrogen (secondary N) is 2. The summed E-state index contributed by atoms with van der Waals surface area (Å²) in [6.45, 7) is 7.17. The van der Waals surface area contributed by atoms with Gasteiger partial charge >= 0.3 is 0 Å². The van der Waals surface area contributed by atoms with Crippen LogP contribution in [-0.2, 0) is 11.3 Å². The van der Waals surface area contributed by atoms with E-state index in [-0.39, 0.29) is 11.4 Å². The summed E-state index contributed by atoms with van der Waals surface area (Å²) in [5.41, 5.74) is 0.498. The molecule has 2 N–H and O–H groups in total. The molecule has 1 aromatic rings. The number of oxazole rings is 1. The Balaban J connectivity index is 1.96. The summed E-state index contributed by atoms with van der Waals surface area (Å²) < 4.78 is 5.47. The second-order valence-corrected chi connectivity index (χ2v) is 5.29. The summed E-state index contributed by atoms with van der Waals surface area (Å²) in [6.07, 6.45) is 3.85. The van der Waals surface area contributed by atoms with Gasteiger partial charge in [0, 0.05) is 0 Å². The number of nitrogens with zero attached hydrogens (tertiary/aromatic N) is 1. The zero-order valence-corrected chi connectivity index (χ0v) is 12.0. The Hall–Kier alpha value is -1.36. The molecule has 0 aromatic carbocycles. The van der Waals surface area contributed by atoms with Crippen LogP contribution >= 0.6 is 0 Å². The molecule has 5 heteroatoms. The highest BCUT2D eigenvalue weighted by molar-refractivity contribution is 5.86. The Morgan fingerprint density at radius 3 is 2.84 bits per heavy atom. The quantitative estimate of drug-likeness (QED) is 0.852. The first-order valence-corrected chi connectivity index (χ1v) is 7.03. The third kappa shape index (κ3) is 2.97. The molecule has 2 rings (SSSR count). The van der Waals surface area contributed by atoms with Gasteiger partial charge in [0.05, 0.1) is 17.8 Å². The first-order valence-electron chi connectivity index (χ1n) is 7.03. The molecule has 1 aliphatic heterocycles. The van der Waals surface area contributed by atoms with Gasteiger partial charge in [0.15, 0.2) is 0 Å². The molecule has 1 fully saturated rings. The predicted molar refractivity (Wildman–Crippen MR) is 72.7 cm³/mol. The lowest BCUT2D eigenvalue weighted by molar-refractivity contribution is -0.127. The van der Waals surface area contributed by atoms with Gasteiger partial charge < -0.3 is 15.1 Å². The molecule has 1 atom stereocenters. The van der Waals surface area contributed by atoms with E-state index in [0.29, 0.717) is 12.4 Å². The molecule has 1 unspecified atom stereocenters. The highest BCUT2D eigenvalue weighted by Crippen LogP contribution is 2.25. The molecule has 1 aromatic heterocycles. The number of amides is 1. The zero-order valence-electron chi connectivity index (χ0n) is 12.0. The molecule has 1 aliphatic rings. The van der Waals surface area contributed by atoms with Crippen LogP contribution in [-0.4, -0.2) is 23.0 Å². The van der Waals surface area contributed by atoms with Gasteiger partial charge in [-0.05, 0) is 39.7 Å². The van der Waals surface area contributed by atoms with Crippen molar-refractivity contribution in [3.8, 4) is 0 Å². The fourth-order valence-electron chi connectivity index (χ4n) is 2.69. The number of hydrogen-bond acceptors (Lipinski definition) is 4. The second kappa shape index (κ2) is 5.74. The van der Waals surface area contributed by atoms with Crippen LogP contribution in [0.4, 0.5) is 0 Å². The maximum absolute atomic E-state index is 12.4. The Kier molecular flexibility index (Phi) is 4.24. The number of aryl methyl sites for hydroxylation is 2. The Morgan fingerprint density at radius 1 is 1.53 bits per heavy atom. The summed E-state index contributed by atoms with van der Waals surface area (Å²) in [6, 6.07) is 0. The molecule has 0 radical (unpaired) electrons. The van der Waals surface area contributed by atoms with E-state index < -0.39 is 0 Å². The minimum atomic E-state index is -0.383. The highest BCUT2D eigenvalue weighted by Gasteiger charge is 2.39. The van der Waals surface area contributed by atoms with Gasteiger partial charge in [0.1, 0.15) is 5.76 Å². The number of carbonyl (C=O) groups is 1. The molecule has 0 bridgehead atoms. The number of aromatic nitrogens is 1. The summed E-state index contributed by atoms with van der Waals surface area (Å²) in [5, 5.41) is 6.31. The van der Waals surface area contributed by atoms with Gasteiger partial charge in [-0.25, -0.2) is 4.98 Å². The monoisotopic (exact) mass is 265 g/mol. The number of hydrogen-bond donors (Lipinski definition) is 2. The van der Waals surface area contributed by atoms with Crippen molar-refractivity contribution in [3.05, 3.63) is 17.3 Å². The second-order valence-electron chi connectivity index (χ2n) is 5.29. The maximum Gasteiger partial charge on any atom is 0.240 e. The summed E-state index contributed by atoms with van der Waals surface area (Å²) in [7, 11) is 0. The van der Waals surface area contributed by atoms with E-state index in [9.17, 15) is 4.79 Å². The van der Waals surface area contributed by atoms with E-state index in [2.05, 4.69) is 22.5 Å². The standard InChI is InChI=1S/C14H23N3O2/c1-4-6-14(7-5-8-16-14)13(18)15-9-12-17-10(2)11(3)19-12/h16H,4-9H2,1-3H3,(H,15,18). The SMILES string of the molecule is CCCC1(C(=O)NCc2nc(C)c(C)o2)CCCN1. The molecule has 19 heavy (non-hydrogen) atoms. The fourth-order valence-corrected chi connectivity index (χ4v) is 2.69. The first kappa shape index (κ1) is 14.1. The average Bonchev–Trinajstić information content (AvgIpc) is 2.96. The van der Waals surface area contributed by atoms with Crippen LogP contribution in [0.2, 0.25) is 0 Å². The lowest BCUT2D eigenvalue weighted by atomic mass is 9.91. The summed E-state index contributed by atoms with van der Waals surface area (Å²) >= 11 is 0. The topological polar surface area (TPSA) is 67.2 Å². The first-order chi connectivity index (χ1) is 9.07. The van der Waals surface area contributed by atoms with Gasteiger partial charge in [-0.2, -0.15) is 0 Å². The van der Waals surface area contributed by atoms with Crippen molar-refractivity contribution in [3.63, 3.8) is 0 Å². The van der Waals surface area contributed by atoms with Crippen molar-refractivity contribution < 1.29 is 9.21 Å². The van der Waals surface area contributed by atoms with E-state index >= 15 is 0 Å². The van der Waals surface area contributed by atoms with Crippen LogP contribution in [0.1, 0.15) is 50.0 Å². The highest BCUT2D eigenvalue weighted by atomic mass is 16.4. The Bertz CT molecular complexity index is 428. The van der Waals surface area contributed by atoms with Gasteiger partial charge in [-0.3, -0.25) is 4.79 Å². The Labute approximate surface area is 114 Å². The van der Waals surface area contributed by atoms with E-state index in [1.54, 1.807) is 0 Å². The lowest BCUT2D eigenvalue weighted by Gasteiger charge is -2.27. The van der Waals surface area contributed by atoms with Crippen molar-refractivity contribution in [2.75, 3.05) is 6.54 Å². The molecule has 106 valence electrons. The van der Waals surface area contributed by atoms with Gasteiger partial charge in [-0.15, -0.1) is 0 Å². The summed E-state index contributed by atoms with van der Waals surface area (Å²) in [4.78, 5) is 16.7. The van der Waals surface area contributed by atoms with Crippen molar-refractivity contribution in [2.45, 2.75) is 58.5 Å². The van der Waals surface area contributed by atoms with Crippen molar-refractivity contribution in [1.82, 2.24) is 15.6 Å². The van der Waals surface area contributed by atoms with E-state index in [1.165, 1.54) is 0 Å². The van der Waals surface area contributed by atoms with E-state index in [1.807, 2.05) is 13.8 Å². The largest absolute Gasteiger partial charge is 0.444 e. The van der Waals surface area contributed by atoms with Crippen LogP contribution in [0.5, 0.6) is 0 Å². The smallest absolute Gasteiger partial charge is 0.240 e. The van der Waals surface area contributed by atoms with Crippen LogP contribution in [0.25, 0.3) is 0 Å². The third-order valence-corrected chi connectivity index (χ3v) is 3.83. The maximum atomic E-state index is 12.4. The molecule has 1 saturated heterocycles. The Morgan fingerprint density at radius 2 is 2.32 bits per heavy atom. The fraction of sp³-hybridized carbons (Fsp3) is 0.714. The van der Waals surface area contributed by atoms with Crippen LogP contribution < -0.4 is 10.6 Å². The normalized spacial score (nSPS) is 22.7. The van der Waals surface area contributed by atoms with E-state index in [4.69, 9.17) is 4.42 Å². The average molecular weight is 265 g/mol. The van der Waals surface area contributed by atoms with Gasteiger partial charge in [0.25, 0.3) is 0 Å². The van der Waals surface area contributed by atoms with Crippen LogP contribution in [0.3, 0.4) is 0 Å². The number of carbonyl (C=O) groups excluding carboxylic acids is 1. The van der Waals surface area contributed by atoms with E-state index in [0.717, 1.165) is 43.7 Å². The predicted octanol–water partition coefficient (Wildman–Crippen LogP) is 1.83. The molecule has 1 amide bonds. The molecule has 0 aliphatic carbocycles. The minimum absolute atomic E-state index is 0.0698. The number of rotatable bonds is 5.